The molecule has 0 radical (unpaired) electrons. The molecule has 2 aliphatic rings. The third kappa shape index (κ3) is 3.63. The van der Waals surface area contributed by atoms with Crippen molar-refractivity contribution in [3.05, 3.63) is 0 Å². The van der Waals surface area contributed by atoms with Crippen molar-refractivity contribution in [1.82, 2.24) is 0 Å². The van der Waals surface area contributed by atoms with E-state index in [0.29, 0.717) is 0 Å². The molecule has 0 aromatic carbocycles. The zero-order valence-corrected chi connectivity index (χ0v) is 10.4. The van der Waals surface area contributed by atoms with Gasteiger partial charge in [-0.15, -0.1) is 0 Å². The van der Waals surface area contributed by atoms with E-state index in [-0.39, 0.29) is 0 Å². The van der Waals surface area contributed by atoms with E-state index < -0.39 is 0 Å². The van der Waals surface area contributed by atoms with Gasteiger partial charge in [-0.05, 0) is 37.0 Å². The maximum absolute atomic E-state index is 2.27. The second-order valence-corrected chi connectivity index (χ2v) is 5.74. The van der Waals surface area contributed by atoms with Gasteiger partial charge in [0.05, 0.1) is 0 Å². The van der Waals surface area contributed by atoms with Crippen LogP contribution >= 0.6 is 0 Å². The lowest BCUT2D eigenvalue weighted by Crippen LogP contribution is -2.35. The minimum absolute atomic E-state index is 0.903. The summed E-state index contributed by atoms with van der Waals surface area (Å²) >= 11 is 0. The molecule has 0 atom stereocenters. The molecular weight excluding hydrogens is 168 g/mol. The zero-order valence-electron chi connectivity index (χ0n) is 10.4. The van der Waals surface area contributed by atoms with Gasteiger partial charge < -0.3 is 0 Å². The van der Waals surface area contributed by atoms with Crippen molar-refractivity contribution in [2.24, 2.45) is 11.3 Å². The third-order valence-corrected chi connectivity index (χ3v) is 3.96. The number of hydrogen-bond acceptors (Lipinski definition) is 0. The van der Waals surface area contributed by atoms with Crippen LogP contribution in [0.3, 0.4) is 0 Å². The van der Waals surface area contributed by atoms with Crippen molar-refractivity contribution in [3.8, 4) is 0 Å². The summed E-state index contributed by atoms with van der Waals surface area (Å²) < 4.78 is 0. The SMILES string of the molecule is C1CC2(C1)CCC2.CCCCC(C)C. The fourth-order valence-electron chi connectivity index (χ4n) is 2.47. The molecular formula is C14H28. The summed E-state index contributed by atoms with van der Waals surface area (Å²) in [6, 6.07) is 0. The van der Waals surface area contributed by atoms with E-state index in [0.717, 1.165) is 11.3 Å². The van der Waals surface area contributed by atoms with Gasteiger partial charge in [0.1, 0.15) is 0 Å². The lowest BCUT2D eigenvalue weighted by molar-refractivity contribution is 0.0314. The number of rotatable bonds is 3. The van der Waals surface area contributed by atoms with Crippen molar-refractivity contribution >= 4 is 0 Å². The van der Waals surface area contributed by atoms with E-state index in [1.807, 2.05) is 0 Å². The van der Waals surface area contributed by atoms with Crippen LogP contribution in [0.25, 0.3) is 0 Å². The third-order valence-electron chi connectivity index (χ3n) is 3.96. The second kappa shape index (κ2) is 5.78. The average molecular weight is 196 g/mol. The summed E-state index contributed by atoms with van der Waals surface area (Å²) in [6.45, 7) is 6.79. The van der Waals surface area contributed by atoms with Crippen molar-refractivity contribution in [3.63, 3.8) is 0 Å². The van der Waals surface area contributed by atoms with Gasteiger partial charge in [-0.1, -0.05) is 52.9 Å². The highest BCUT2D eigenvalue weighted by Gasteiger charge is 2.41. The van der Waals surface area contributed by atoms with Crippen LogP contribution in [-0.4, -0.2) is 0 Å². The van der Waals surface area contributed by atoms with Crippen molar-refractivity contribution in [2.75, 3.05) is 0 Å². The molecule has 0 heteroatoms. The Hall–Kier alpha value is 0. The molecule has 0 nitrogen and oxygen atoms in total. The van der Waals surface area contributed by atoms with Gasteiger partial charge in [-0.25, -0.2) is 0 Å². The molecule has 2 rings (SSSR count). The van der Waals surface area contributed by atoms with Gasteiger partial charge >= 0.3 is 0 Å². The van der Waals surface area contributed by atoms with Gasteiger partial charge in [-0.2, -0.15) is 0 Å². The first-order valence-electron chi connectivity index (χ1n) is 6.68. The van der Waals surface area contributed by atoms with E-state index in [4.69, 9.17) is 0 Å². The van der Waals surface area contributed by atoms with Crippen molar-refractivity contribution in [1.29, 1.82) is 0 Å². The lowest BCUT2D eigenvalue weighted by Gasteiger charge is -2.49. The number of hydrogen-bond donors (Lipinski definition) is 0. The Morgan fingerprint density at radius 2 is 1.50 bits per heavy atom. The van der Waals surface area contributed by atoms with Crippen LogP contribution in [0.1, 0.15) is 78.6 Å². The predicted molar refractivity (Wildman–Crippen MR) is 64.5 cm³/mol. The maximum Gasteiger partial charge on any atom is -0.0297 e. The van der Waals surface area contributed by atoms with Gasteiger partial charge in [0.2, 0.25) is 0 Å². The Bertz CT molecular complexity index is 123. The van der Waals surface area contributed by atoms with E-state index in [2.05, 4.69) is 20.8 Å². The first kappa shape index (κ1) is 12.1. The summed E-state index contributed by atoms with van der Waals surface area (Å²) in [5.41, 5.74) is 0.944. The summed E-state index contributed by atoms with van der Waals surface area (Å²) in [5.74, 6) is 0.903. The van der Waals surface area contributed by atoms with E-state index in [1.165, 1.54) is 32.1 Å². The lowest BCUT2D eigenvalue weighted by atomic mass is 9.56. The highest BCUT2D eigenvalue weighted by Crippen LogP contribution is 2.55. The Labute approximate surface area is 90.5 Å². The summed E-state index contributed by atoms with van der Waals surface area (Å²) in [7, 11) is 0. The van der Waals surface area contributed by atoms with Crippen LogP contribution in [-0.2, 0) is 0 Å². The molecule has 14 heavy (non-hydrogen) atoms. The fraction of sp³-hybridized carbons (Fsp3) is 1.00. The molecule has 2 fully saturated rings. The van der Waals surface area contributed by atoms with E-state index in [1.54, 1.807) is 25.7 Å². The van der Waals surface area contributed by atoms with Gasteiger partial charge in [0, 0.05) is 0 Å². The molecule has 0 aromatic rings. The van der Waals surface area contributed by atoms with Crippen LogP contribution in [0, 0.1) is 11.3 Å². The van der Waals surface area contributed by atoms with Crippen LogP contribution in [0.15, 0.2) is 0 Å². The van der Waals surface area contributed by atoms with Crippen LogP contribution in [0.2, 0.25) is 0 Å². The van der Waals surface area contributed by atoms with Crippen LogP contribution < -0.4 is 0 Å². The standard InChI is InChI=1S/C7H12.C7H16/c1-3-7(4-1)5-2-6-7;1-4-5-6-7(2)3/h1-6H2;7H,4-6H2,1-3H3. The summed E-state index contributed by atoms with van der Waals surface area (Å²) in [6.07, 6.45) is 13.5. The Morgan fingerprint density at radius 1 is 1.00 bits per heavy atom. The van der Waals surface area contributed by atoms with Crippen molar-refractivity contribution < 1.29 is 0 Å². The Balaban J connectivity index is 0.000000140. The molecule has 1 spiro atoms. The largest absolute Gasteiger partial charge is 0.0654 e. The Kier molecular flexibility index (Phi) is 4.98. The predicted octanol–water partition coefficient (Wildman–Crippen LogP) is 5.17. The normalized spacial score (nSPS) is 22.3. The topological polar surface area (TPSA) is 0 Å². The highest BCUT2D eigenvalue weighted by atomic mass is 14.5. The molecule has 0 heterocycles. The molecule has 0 aliphatic heterocycles. The van der Waals surface area contributed by atoms with Gasteiger partial charge in [0.25, 0.3) is 0 Å². The summed E-state index contributed by atoms with van der Waals surface area (Å²) in [4.78, 5) is 0. The minimum Gasteiger partial charge on any atom is -0.0654 e. The summed E-state index contributed by atoms with van der Waals surface area (Å²) in [5, 5.41) is 0. The average Bonchev–Trinajstić information content (AvgIpc) is 1.96. The maximum atomic E-state index is 2.27. The quantitative estimate of drug-likeness (QED) is 0.584. The van der Waals surface area contributed by atoms with Gasteiger partial charge in [0.15, 0.2) is 0 Å². The molecule has 2 aliphatic carbocycles. The monoisotopic (exact) mass is 196 g/mol. The molecule has 0 aromatic heterocycles. The highest BCUT2D eigenvalue weighted by molar-refractivity contribution is 4.93. The molecule has 84 valence electrons. The molecule has 0 unspecified atom stereocenters. The van der Waals surface area contributed by atoms with Gasteiger partial charge in [-0.3, -0.25) is 0 Å². The molecule has 0 saturated heterocycles. The van der Waals surface area contributed by atoms with E-state index >= 15 is 0 Å². The number of unbranched alkanes of at least 4 members (excludes halogenated alkanes) is 1. The van der Waals surface area contributed by atoms with Crippen LogP contribution in [0.4, 0.5) is 0 Å². The molecule has 0 amide bonds. The zero-order chi connectivity index (χ0) is 10.4. The molecule has 2 saturated carbocycles. The van der Waals surface area contributed by atoms with Crippen LogP contribution in [0.5, 0.6) is 0 Å². The molecule has 0 N–H and O–H groups in total. The first-order valence-corrected chi connectivity index (χ1v) is 6.68. The smallest absolute Gasteiger partial charge is 0.0297 e. The fourth-order valence-corrected chi connectivity index (χ4v) is 2.47. The molecule has 0 bridgehead atoms. The van der Waals surface area contributed by atoms with E-state index in [9.17, 15) is 0 Å². The second-order valence-electron chi connectivity index (χ2n) is 5.74. The minimum atomic E-state index is 0.903. The van der Waals surface area contributed by atoms with Crippen molar-refractivity contribution in [2.45, 2.75) is 78.6 Å². The first-order chi connectivity index (χ1) is 6.68. The Morgan fingerprint density at radius 3 is 1.57 bits per heavy atom.